The maximum absolute atomic E-state index is 5.62. The van der Waals surface area contributed by atoms with Crippen LogP contribution >= 0.6 is 0 Å². The Kier molecular flexibility index (Phi) is 5.86. The molecule has 3 heteroatoms. The molecule has 1 heterocycles. The summed E-state index contributed by atoms with van der Waals surface area (Å²) in [6.45, 7) is 10.0. The van der Waals surface area contributed by atoms with Gasteiger partial charge in [-0.1, -0.05) is 26.0 Å². The number of hydrogen-bond acceptors (Lipinski definition) is 3. The molecule has 0 saturated carbocycles. The van der Waals surface area contributed by atoms with Crippen LogP contribution in [0, 0.1) is 5.92 Å². The lowest BCUT2D eigenvalue weighted by atomic mass is 10.0. The van der Waals surface area contributed by atoms with Gasteiger partial charge < -0.3 is 14.8 Å². The Morgan fingerprint density at radius 2 is 2.10 bits per heavy atom. The second-order valence-corrected chi connectivity index (χ2v) is 5.94. The van der Waals surface area contributed by atoms with Crippen molar-refractivity contribution < 1.29 is 9.47 Å². The Bertz CT molecular complexity index is 417. The number of rotatable bonds is 8. The lowest BCUT2D eigenvalue weighted by Gasteiger charge is -2.15. The number of nitrogens with one attached hydrogen (secondary N) is 1. The number of fused-ring (bicyclic) bond motifs is 1. The van der Waals surface area contributed by atoms with Gasteiger partial charge in [-0.3, -0.25) is 0 Å². The molecule has 1 aromatic carbocycles. The summed E-state index contributed by atoms with van der Waals surface area (Å²) in [6, 6.07) is 6.87. The molecule has 1 atom stereocenters. The molecule has 2 rings (SSSR count). The summed E-state index contributed by atoms with van der Waals surface area (Å²) in [5.41, 5.74) is 2.67. The van der Waals surface area contributed by atoms with Crippen molar-refractivity contribution in [2.75, 3.05) is 26.4 Å². The van der Waals surface area contributed by atoms with Crippen LogP contribution in [0.25, 0.3) is 0 Å². The van der Waals surface area contributed by atoms with Gasteiger partial charge in [0.2, 0.25) is 0 Å². The van der Waals surface area contributed by atoms with Crippen LogP contribution in [0.3, 0.4) is 0 Å². The standard InChI is InChI=1S/C17H27NO2/c1-13(2)6-9-19-11-8-18-14(3)15-4-5-17-16(12-15)7-10-20-17/h4-5,12-14,18H,6-11H2,1-3H3. The highest BCUT2D eigenvalue weighted by atomic mass is 16.5. The van der Waals surface area contributed by atoms with E-state index >= 15 is 0 Å². The van der Waals surface area contributed by atoms with E-state index in [1.54, 1.807) is 0 Å². The molecule has 112 valence electrons. The average Bonchev–Trinajstić information content (AvgIpc) is 2.89. The highest BCUT2D eigenvalue weighted by molar-refractivity contribution is 5.40. The fraction of sp³-hybridized carbons (Fsp3) is 0.647. The van der Waals surface area contributed by atoms with Crippen LogP contribution in [-0.2, 0) is 11.2 Å². The zero-order valence-electron chi connectivity index (χ0n) is 12.9. The summed E-state index contributed by atoms with van der Waals surface area (Å²) in [4.78, 5) is 0. The van der Waals surface area contributed by atoms with Crippen molar-refractivity contribution in [3.8, 4) is 5.75 Å². The fourth-order valence-corrected chi connectivity index (χ4v) is 2.36. The minimum absolute atomic E-state index is 0.356. The second kappa shape index (κ2) is 7.65. The van der Waals surface area contributed by atoms with Crippen LogP contribution in [0.15, 0.2) is 18.2 Å². The molecule has 0 amide bonds. The van der Waals surface area contributed by atoms with Crippen molar-refractivity contribution >= 4 is 0 Å². The van der Waals surface area contributed by atoms with Gasteiger partial charge in [-0.25, -0.2) is 0 Å². The Balaban J connectivity index is 1.68. The molecular formula is C17H27NO2. The third-order valence-corrected chi connectivity index (χ3v) is 3.75. The predicted molar refractivity (Wildman–Crippen MR) is 82.3 cm³/mol. The first-order valence-corrected chi connectivity index (χ1v) is 7.73. The largest absolute Gasteiger partial charge is 0.493 e. The van der Waals surface area contributed by atoms with Crippen LogP contribution in [0.5, 0.6) is 5.75 Å². The number of ether oxygens (including phenoxy) is 2. The molecule has 0 fully saturated rings. The Labute approximate surface area is 122 Å². The predicted octanol–water partition coefficient (Wildman–Crippen LogP) is 3.33. The molecule has 20 heavy (non-hydrogen) atoms. The molecule has 1 aromatic rings. The van der Waals surface area contributed by atoms with Crippen LogP contribution in [0.1, 0.15) is 44.4 Å². The fourth-order valence-electron chi connectivity index (χ4n) is 2.36. The van der Waals surface area contributed by atoms with Crippen molar-refractivity contribution in [2.45, 2.75) is 39.7 Å². The monoisotopic (exact) mass is 277 g/mol. The van der Waals surface area contributed by atoms with Crippen molar-refractivity contribution in [1.29, 1.82) is 0 Å². The molecule has 1 N–H and O–H groups in total. The summed E-state index contributed by atoms with van der Waals surface area (Å²) < 4.78 is 11.2. The Hall–Kier alpha value is -1.06. The van der Waals surface area contributed by atoms with Gasteiger partial charge in [-0.2, -0.15) is 0 Å². The van der Waals surface area contributed by atoms with Gasteiger partial charge >= 0.3 is 0 Å². The first-order valence-electron chi connectivity index (χ1n) is 7.73. The quantitative estimate of drug-likeness (QED) is 0.739. The molecule has 0 aliphatic carbocycles. The van der Waals surface area contributed by atoms with Gasteiger partial charge in [0, 0.05) is 25.6 Å². The van der Waals surface area contributed by atoms with Crippen LogP contribution in [0.4, 0.5) is 0 Å². The van der Waals surface area contributed by atoms with E-state index in [-0.39, 0.29) is 0 Å². The minimum atomic E-state index is 0.356. The Morgan fingerprint density at radius 3 is 2.90 bits per heavy atom. The molecule has 1 unspecified atom stereocenters. The molecule has 0 bridgehead atoms. The summed E-state index contributed by atoms with van der Waals surface area (Å²) in [6.07, 6.45) is 2.18. The third-order valence-electron chi connectivity index (χ3n) is 3.75. The summed E-state index contributed by atoms with van der Waals surface area (Å²) >= 11 is 0. The van der Waals surface area contributed by atoms with Crippen LogP contribution < -0.4 is 10.1 Å². The first kappa shape index (κ1) is 15.3. The smallest absolute Gasteiger partial charge is 0.122 e. The van der Waals surface area contributed by atoms with Gasteiger partial charge in [0.25, 0.3) is 0 Å². The Morgan fingerprint density at radius 1 is 1.25 bits per heavy atom. The second-order valence-electron chi connectivity index (χ2n) is 5.94. The van der Waals surface area contributed by atoms with Gasteiger partial charge in [-0.05, 0) is 36.5 Å². The topological polar surface area (TPSA) is 30.5 Å². The van der Waals surface area contributed by atoms with E-state index in [4.69, 9.17) is 9.47 Å². The SMILES string of the molecule is CC(C)CCOCCNC(C)c1ccc2c(c1)CCO2. The van der Waals surface area contributed by atoms with E-state index in [0.29, 0.717) is 6.04 Å². The lowest BCUT2D eigenvalue weighted by molar-refractivity contribution is 0.123. The first-order chi connectivity index (χ1) is 9.66. The van der Waals surface area contributed by atoms with E-state index in [1.165, 1.54) is 11.1 Å². The zero-order chi connectivity index (χ0) is 14.4. The van der Waals surface area contributed by atoms with E-state index in [1.807, 2.05) is 0 Å². The van der Waals surface area contributed by atoms with Crippen LogP contribution in [0.2, 0.25) is 0 Å². The maximum atomic E-state index is 5.62. The van der Waals surface area contributed by atoms with Crippen LogP contribution in [-0.4, -0.2) is 26.4 Å². The van der Waals surface area contributed by atoms with E-state index in [2.05, 4.69) is 44.3 Å². The molecule has 1 aliphatic rings. The highest BCUT2D eigenvalue weighted by Gasteiger charge is 2.14. The highest BCUT2D eigenvalue weighted by Crippen LogP contribution is 2.27. The summed E-state index contributed by atoms with van der Waals surface area (Å²) in [5.74, 6) is 1.77. The molecule has 0 saturated heterocycles. The normalized spacial score (nSPS) is 15.2. The van der Waals surface area contributed by atoms with E-state index < -0.39 is 0 Å². The summed E-state index contributed by atoms with van der Waals surface area (Å²) in [5, 5.41) is 3.51. The van der Waals surface area contributed by atoms with E-state index in [9.17, 15) is 0 Å². The van der Waals surface area contributed by atoms with Gasteiger partial charge in [0.15, 0.2) is 0 Å². The molecule has 0 spiro atoms. The molecule has 1 aliphatic heterocycles. The minimum Gasteiger partial charge on any atom is -0.493 e. The number of benzene rings is 1. The molecule has 3 nitrogen and oxygen atoms in total. The van der Waals surface area contributed by atoms with Gasteiger partial charge in [0.1, 0.15) is 5.75 Å². The average molecular weight is 277 g/mol. The zero-order valence-corrected chi connectivity index (χ0v) is 12.9. The molecular weight excluding hydrogens is 250 g/mol. The molecule has 0 aromatic heterocycles. The van der Waals surface area contributed by atoms with Crippen molar-refractivity contribution in [2.24, 2.45) is 5.92 Å². The third kappa shape index (κ3) is 4.50. The van der Waals surface area contributed by atoms with Crippen molar-refractivity contribution in [3.05, 3.63) is 29.3 Å². The van der Waals surface area contributed by atoms with E-state index in [0.717, 1.165) is 50.9 Å². The lowest BCUT2D eigenvalue weighted by Crippen LogP contribution is -2.23. The summed E-state index contributed by atoms with van der Waals surface area (Å²) in [7, 11) is 0. The van der Waals surface area contributed by atoms with Crippen molar-refractivity contribution in [3.63, 3.8) is 0 Å². The van der Waals surface area contributed by atoms with Crippen molar-refractivity contribution in [1.82, 2.24) is 5.32 Å². The van der Waals surface area contributed by atoms with Gasteiger partial charge in [0.05, 0.1) is 13.2 Å². The van der Waals surface area contributed by atoms with Gasteiger partial charge in [-0.15, -0.1) is 0 Å². The number of hydrogen-bond donors (Lipinski definition) is 1. The maximum Gasteiger partial charge on any atom is 0.122 e. The molecule has 0 radical (unpaired) electrons.